The van der Waals surface area contributed by atoms with E-state index in [0.29, 0.717) is 26.4 Å². The summed E-state index contributed by atoms with van der Waals surface area (Å²) in [6, 6.07) is 0. The van der Waals surface area contributed by atoms with Crippen molar-refractivity contribution in [1.82, 2.24) is 0 Å². The van der Waals surface area contributed by atoms with Crippen LogP contribution in [-0.2, 0) is 19.0 Å². The molecule has 0 aromatic carbocycles. The molecule has 0 unspecified atom stereocenters. The van der Waals surface area contributed by atoms with Crippen molar-refractivity contribution in [3.8, 4) is 0 Å². The van der Waals surface area contributed by atoms with E-state index >= 15 is 0 Å². The van der Waals surface area contributed by atoms with E-state index in [1.54, 1.807) is 0 Å². The Hall–Kier alpha value is -0.650. The predicted octanol–water partition coefficient (Wildman–Crippen LogP) is 4.43. The lowest BCUT2D eigenvalue weighted by Gasteiger charge is -2.06. The van der Waals surface area contributed by atoms with E-state index in [1.165, 1.54) is 64.2 Å². The molecule has 0 saturated carbocycles. The number of carboxylic acids is 1. The van der Waals surface area contributed by atoms with Gasteiger partial charge in [-0.3, -0.25) is 0 Å². The van der Waals surface area contributed by atoms with E-state index < -0.39 is 5.97 Å². The number of carboxylic acid groups (broad SMARTS) is 1. The van der Waals surface area contributed by atoms with Gasteiger partial charge in [-0.05, 0) is 6.42 Å². The predicted molar refractivity (Wildman–Crippen MR) is 96.6 cm³/mol. The molecule has 0 rings (SSSR count). The number of hydrogen-bond acceptors (Lipinski definition) is 4. The van der Waals surface area contributed by atoms with Gasteiger partial charge in [0.2, 0.25) is 0 Å². The number of unbranched alkanes of at least 4 members (excludes halogenated alkanes) is 10. The summed E-state index contributed by atoms with van der Waals surface area (Å²) >= 11 is 0. The Balaban J connectivity index is 2.97. The second kappa shape index (κ2) is 20.4. The third kappa shape index (κ3) is 21.4. The van der Waals surface area contributed by atoms with Crippen LogP contribution in [0.4, 0.5) is 0 Å². The lowest BCUT2D eigenvalue weighted by molar-refractivity contribution is -0.142. The zero-order valence-corrected chi connectivity index (χ0v) is 15.6. The maximum atomic E-state index is 10.2. The average molecular weight is 347 g/mol. The van der Waals surface area contributed by atoms with E-state index in [2.05, 4.69) is 6.92 Å². The molecule has 144 valence electrons. The van der Waals surface area contributed by atoms with Gasteiger partial charge in [0.25, 0.3) is 0 Å². The van der Waals surface area contributed by atoms with Crippen molar-refractivity contribution in [2.75, 3.05) is 39.6 Å². The summed E-state index contributed by atoms with van der Waals surface area (Å²) < 4.78 is 15.6. The Morgan fingerprint density at radius 1 is 0.625 bits per heavy atom. The minimum absolute atomic E-state index is 0.265. The molecule has 0 amide bonds. The number of hydrogen-bond donors (Lipinski definition) is 1. The monoisotopic (exact) mass is 346 g/mol. The molecule has 1 N–H and O–H groups in total. The third-order valence-corrected chi connectivity index (χ3v) is 3.86. The van der Waals surface area contributed by atoms with Crippen molar-refractivity contribution in [1.29, 1.82) is 0 Å². The van der Waals surface area contributed by atoms with Crippen molar-refractivity contribution in [2.24, 2.45) is 0 Å². The number of rotatable bonds is 20. The fraction of sp³-hybridized carbons (Fsp3) is 0.947. The molecule has 0 fully saturated rings. The Bertz CT molecular complexity index is 258. The average Bonchev–Trinajstić information content (AvgIpc) is 2.56. The van der Waals surface area contributed by atoms with Gasteiger partial charge in [-0.1, -0.05) is 71.1 Å². The molecule has 0 bridgehead atoms. The number of ether oxygens (including phenoxy) is 3. The van der Waals surface area contributed by atoms with Gasteiger partial charge < -0.3 is 19.3 Å². The van der Waals surface area contributed by atoms with Gasteiger partial charge >= 0.3 is 5.97 Å². The van der Waals surface area contributed by atoms with Gasteiger partial charge in [-0.2, -0.15) is 0 Å². The van der Waals surface area contributed by atoms with Gasteiger partial charge in [0, 0.05) is 6.61 Å². The summed E-state index contributed by atoms with van der Waals surface area (Å²) in [4.78, 5) is 10.2. The first kappa shape index (κ1) is 23.4. The standard InChI is InChI=1S/C19H38O5/c1-2-3-4-5-6-7-8-9-10-11-12-13-22-14-15-23-16-17-24-18-19(20)21/h2-18H2,1H3,(H,20,21). The Morgan fingerprint density at radius 2 is 1.04 bits per heavy atom. The second-order valence-corrected chi connectivity index (χ2v) is 6.21. The SMILES string of the molecule is CCCCCCCCCCCCCOCCOCCOCC(=O)O. The van der Waals surface area contributed by atoms with E-state index in [-0.39, 0.29) is 6.61 Å². The van der Waals surface area contributed by atoms with Crippen LogP contribution in [0.25, 0.3) is 0 Å². The van der Waals surface area contributed by atoms with E-state index in [9.17, 15) is 4.79 Å². The first-order valence-corrected chi connectivity index (χ1v) is 9.72. The molecule has 5 nitrogen and oxygen atoms in total. The molecular weight excluding hydrogens is 308 g/mol. The second-order valence-electron chi connectivity index (χ2n) is 6.21. The lowest BCUT2D eigenvalue weighted by atomic mass is 10.1. The first-order chi connectivity index (χ1) is 11.8. The van der Waals surface area contributed by atoms with Gasteiger partial charge in [0.15, 0.2) is 0 Å². The van der Waals surface area contributed by atoms with Gasteiger partial charge in [-0.15, -0.1) is 0 Å². The van der Waals surface area contributed by atoms with Crippen LogP contribution in [0.1, 0.15) is 77.6 Å². The van der Waals surface area contributed by atoms with Crippen LogP contribution in [0.5, 0.6) is 0 Å². The van der Waals surface area contributed by atoms with Gasteiger partial charge in [0.05, 0.1) is 26.4 Å². The van der Waals surface area contributed by atoms with Crippen LogP contribution in [0.15, 0.2) is 0 Å². The molecule has 0 aliphatic rings. The quantitative estimate of drug-likeness (QED) is 0.330. The van der Waals surface area contributed by atoms with Gasteiger partial charge in [0.1, 0.15) is 6.61 Å². The van der Waals surface area contributed by atoms with Crippen molar-refractivity contribution < 1.29 is 24.1 Å². The normalized spacial score (nSPS) is 11.0. The molecule has 24 heavy (non-hydrogen) atoms. The molecule has 0 aliphatic heterocycles. The molecule has 0 atom stereocenters. The minimum Gasteiger partial charge on any atom is -0.480 e. The molecule has 0 aliphatic carbocycles. The number of carbonyl (C=O) groups is 1. The lowest BCUT2D eigenvalue weighted by Crippen LogP contribution is -2.13. The number of aliphatic carboxylic acids is 1. The summed E-state index contributed by atoms with van der Waals surface area (Å²) in [6.45, 7) is 4.65. The largest absolute Gasteiger partial charge is 0.480 e. The highest BCUT2D eigenvalue weighted by Gasteiger charge is 1.96. The first-order valence-electron chi connectivity index (χ1n) is 9.72. The molecule has 0 aromatic rings. The highest BCUT2D eigenvalue weighted by atomic mass is 16.5. The molecule has 0 heterocycles. The Kier molecular flexibility index (Phi) is 19.8. The van der Waals surface area contributed by atoms with E-state index in [4.69, 9.17) is 19.3 Å². The topological polar surface area (TPSA) is 65.0 Å². The molecular formula is C19H38O5. The van der Waals surface area contributed by atoms with Crippen molar-refractivity contribution in [3.05, 3.63) is 0 Å². The highest BCUT2D eigenvalue weighted by molar-refractivity contribution is 5.67. The van der Waals surface area contributed by atoms with Crippen LogP contribution >= 0.6 is 0 Å². The Morgan fingerprint density at radius 3 is 1.54 bits per heavy atom. The molecule has 0 radical (unpaired) electrons. The van der Waals surface area contributed by atoms with Crippen LogP contribution in [0, 0.1) is 0 Å². The van der Waals surface area contributed by atoms with Crippen LogP contribution in [-0.4, -0.2) is 50.7 Å². The van der Waals surface area contributed by atoms with Crippen molar-refractivity contribution in [2.45, 2.75) is 77.6 Å². The zero-order valence-electron chi connectivity index (χ0n) is 15.6. The molecule has 0 saturated heterocycles. The minimum atomic E-state index is -0.953. The molecule has 0 aromatic heterocycles. The van der Waals surface area contributed by atoms with E-state index in [1.807, 2.05) is 0 Å². The summed E-state index contributed by atoms with van der Waals surface area (Å²) in [6.07, 6.45) is 14.8. The summed E-state index contributed by atoms with van der Waals surface area (Å²) in [5.74, 6) is -0.953. The summed E-state index contributed by atoms with van der Waals surface area (Å²) in [7, 11) is 0. The molecule has 5 heteroatoms. The van der Waals surface area contributed by atoms with Crippen molar-refractivity contribution >= 4 is 5.97 Å². The molecule has 0 spiro atoms. The maximum Gasteiger partial charge on any atom is 0.329 e. The fourth-order valence-corrected chi connectivity index (χ4v) is 2.47. The fourth-order valence-electron chi connectivity index (χ4n) is 2.47. The van der Waals surface area contributed by atoms with Crippen LogP contribution < -0.4 is 0 Å². The third-order valence-electron chi connectivity index (χ3n) is 3.86. The smallest absolute Gasteiger partial charge is 0.329 e. The van der Waals surface area contributed by atoms with Crippen LogP contribution in [0.3, 0.4) is 0 Å². The van der Waals surface area contributed by atoms with Crippen molar-refractivity contribution in [3.63, 3.8) is 0 Å². The van der Waals surface area contributed by atoms with Crippen LogP contribution in [0.2, 0.25) is 0 Å². The summed E-state index contributed by atoms with van der Waals surface area (Å²) in [5, 5.41) is 8.37. The van der Waals surface area contributed by atoms with Gasteiger partial charge in [-0.25, -0.2) is 4.79 Å². The summed E-state index contributed by atoms with van der Waals surface area (Å²) in [5.41, 5.74) is 0. The zero-order chi connectivity index (χ0) is 17.7. The maximum absolute atomic E-state index is 10.2. The Labute approximate surface area is 148 Å². The van der Waals surface area contributed by atoms with E-state index in [0.717, 1.165) is 13.0 Å². The highest BCUT2D eigenvalue weighted by Crippen LogP contribution is 2.11.